The van der Waals surface area contributed by atoms with Crippen molar-refractivity contribution in [3.63, 3.8) is 0 Å². The average Bonchev–Trinajstić information content (AvgIpc) is 2.83. The van der Waals surface area contributed by atoms with E-state index in [4.69, 9.17) is 23.2 Å². The third-order valence-corrected chi connectivity index (χ3v) is 4.53. The molecule has 2 nitrogen and oxygen atoms in total. The van der Waals surface area contributed by atoms with Gasteiger partial charge in [-0.1, -0.05) is 29.3 Å². The second kappa shape index (κ2) is 6.94. The van der Waals surface area contributed by atoms with Crippen molar-refractivity contribution >= 4 is 23.2 Å². The predicted molar refractivity (Wildman–Crippen MR) is 83.0 cm³/mol. The van der Waals surface area contributed by atoms with Gasteiger partial charge in [-0.15, -0.1) is 0 Å². The summed E-state index contributed by atoms with van der Waals surface area (Å²) in [5, 5.41) is 4.77. The summed E-state index contributed by atoms with van der Waals surface area (Å²) in [6.45, 7) is 8.92. The molecule has 0 spiro atoms. The number of nitrogens with zero attached hydrogens (tertiary/aromatic N) is 1. The van der Waals surface area contributed by atoms with Gasteiger partial charge in [0.2, 0.25) is 0 Å². The lowest BCUT2D eigenvalue weighted by Gasteiger charge is -2.20. The molecule has 1 heterocycles. The van der Waals surface area contributed by atoms with Crippen LogP contribution in [0.4, 0.5) is 0 Å². The molecular weight excluding hydrogens is 279 g/mol. The van der Waals surface area contributed by atoms with E-state index in [1.807, 2.05) is 18.2 Å². The molecule has 4 heteroatoms. The van der Waals surface area contributed by atoms with Crippen molar-refractivity contribution in [2.24, 2.45) is 5.92 Å². The zero-order valence-electron chi connectivity index (χ0n) is 11.6. The van der Waals surface area contributed by atoms with E-state index in [9.17, 15) is 0 Å². The van der Waals surface area contributed by atoms with Crippen LogP contribution in [-0.2, 0) is 6.54 Å². The Morgan fingerprint density at radius 2 is 2.11 bits per heavy atom. The highest BCUT2D eigenvalue weighted by Crippen LogP contribution is 2.22. The molecule has 0 amide bonds. The maximum absolute atomic E-state index is 6.01. The normalized spacial score (nSPS) is 20.4. The van der Waals surface area contributed by atoms with Crippen molar-refractivity contribution in [1.82, 2.24) is 10.2 Å². The lowest BCUT2D eigenvalue weighted by atomic mass is 10.1. The fourth-order valence-electron chi connectivity index (χ4n) is 2.57. The summed E-state index contributed by atoms with van der Waals surface area (Å²) < 4.78 is 0. The monoisotopic (exact) mass is 300 g/mol. The first-order valence-corrected chi connectivity index (χ1v) is 7.70. The third-order valence-electron chi connectivity index (χ3n) is 3.79. The van der Waals surface area contributed by atoms with E-state index < -0.39 is 0 Å². The number of benzene rings is 1. The summed E-state index contributed by atoms with van der Waals surface area (Å²) in [4.78, 5) is 2.55. The molecule has 0 radical (unpaired) electrons. The van der Waals surface area contributed by atoms with Gasteiger partial charge in [0.05, 0.1) is 10.0 Å². The largest absolute Gasteiger partial charge is 0.312 e. The molecule has 19 heavy (non-hydrogen) atoms. The molecule has 1 unspecified atom stereocenters. The van der Waals surface area contributed by atoms with Gasteiger partial charge in [-0.05, 0) is 57.0 Å². The fraction of sp³-hybridized carbons (Fsp3) is 0.600. The van der Waals surface area contributed by atoms with E-state index in [2.05, 4.69) is 24.1 Å². The van der Waals surface area contributed by atoms with Gasteiger partial charge in [-0.2, -0.15) is 0 Å². The minimum absolute atomic E-state index is 0.619. The van der Waals surface area contributed by atoms with Crippen LogP contribution in [0.2, 0.25) is 10.0 Å². The molecule has 1 aromatic rings. The smallest absolute Gasteiger partial charge is 0.0595 e. The Morgan fingerprint density at radius 3 is 2.74 bits per heavy atom. The maximum atomic E-state index is 6.01. The van der Waals surface area contributed by atoms with Crippen LogP contribution in [-0.4, -0.2) is 30.6 Å². The van der Waals surface area contributed by atoms with Crippen molar-refractivity contribution in [1.29, 1.82) is 0 Å². The van der Waals surface area contributed by atoms with Crippen LogP contribution >= 0.6 is 23.2 Å². The molecule has 1 fully saturated rings. The van der Waals surface area contributed by atoms with Gasteiger partial charge < -0.3 is 10.2 Å². The first kappa shape index (κ1) is 15.1. The number of rotatable bonds is 5. The van der Waals surface area contributed by atoms with Crippen LogP contribution in [0.25, 0.3) is 0 Å². The zero-order chi connectivity index (χ0) is 13.8. The van der Waals surface area contributed by atoms with Gasteiger partial charge in [0, 0.05) is 19.1 Å². The molecule has 1 saturated heterocycles. The Balaban J connectivity index is 1.73. The van der Waals surface area contributed by atoms with Crippen LogP contribution < -0.4 is 5.32 Å². The molecule has 1 aliphatic rings. The van der Waals surface area contributed by atoms with Gasteiger partial charge >= 0.3 is 0 Å². The van der Waals surface area contributed by atoms with Gasteiger partial charge in [0.25, 0.3) is 0 Å². The van der Waals surface area contributed by atoms with Gasteiger partial charge in [-0.3, -0.25) is 0 Å². The van der Waals surface area contributed by atoms with E-state index in [0.717, 1.165) is 19.0 Å². The van der Waals surface area contributed by atoms with Gasteiger partial charge in [0.15, 0.2) is 0 Å². The molecule has 1 atom stereocenters. The highest BCUT2D eigenvalue weighted by atomic mass is 35.5. The van der Waals surface area contributed by atoms with E-state index in [0.29, 0.717) is 16.1 Å². The van der Waals surface area contributed by atoms with E-state index in [-0.39, 0.29) is 0 Å². The molecule has 0 aromatic heterocycles. The summed E-state index contributed by atoms with van der Waals surface area (Å²) in [5.41, 5.74) is 1.19. The van der Waals surface area contributed by atoms with Crippen molar-refractivity contribution in [2.45, 2.75) is 32.9 Å². The van der Waals surface area contributed by atoms with Crippen LogP contribution in [0.1, 0.15) is 25.8 Å². The van der Waals surface area contributed by atoms with E-state index in [1.165, 1.54) is 25.1 Å². The molecule has 1 aliphatic heterocycles. The quantitative estimate of drug-likeness (QED) is 0.889. The van der Waals surface area contributed by atoms with Gasteiger partial charge in [0.1, 0.15) is 0 Å². The number of nitrogens with one attached hydrogen (secondary N) is 1. The Labute approximate surface area is 126 Å². The lowest BCUT2D eigenvalue weighted by Crippen LogP contribution is -2.30. The summed E-state index contributed by atoms with van der Waals surface area (Å²) in [7, 11) is 0. The molecule has 0 aliphatic carbocycles. The number of halogens is 2. The van der Waals surface area contributed by atoms with Crippen molar-refractivity contribution < 1.29 is 0 Å². The SMILES string of the molecule is CC(C)N1CCC(CNCc2ccc(Cl)c(Cl)c2)C1. The molecule has 0 bridgehead atoms. The number of hydrogen-bond donors (Lipinski definition) is 1. The highest BCUT2D eigenvalue weighted by molar-refractivity contribution is 6.42. The first-order valence-electron chi connectivity index (χ1n) is 6.95. The zero-order valence-corrected chi connectivity index (χ0v) is 13.1. The molecule has 106 valence electrons. The number of likely N-dealkylation sites (tertiary alicyclic amines) is 1. The van der Waals surface area contributed by atoms with Crippen LogP contribution in [0, 0.1) is 5.92 Å². The topological polar surface area (TPSA) is 15.3 Å². The molecular formula is C15H22Cl2N2. The summed E-state index contributed by atoms with van der Waals surface area (Å²) in [6.07, 6.45) is 1.30. The highest BCUT2D eigenvalue weighted by Gasteiger charge is 2.23. The lowest BCUT2D eigenvalue weighted by molar-refractivity contribution is 0.264. The Morgan fingerprint density at radius 1 is 1.32 bits per heavy atom. The van der Waals surface area contributed by atoms with Crippen LogP contribution in [0.3, 0.4) is 0 Å². The molecule has 0 saturated carbocycles. The van der Waals surface area contributed by atoms with E-state index >= 15 is 0 Å². The van der Waals surface area contributed by atoms with Gasteiger partial charge in [-0.25, -0.2) is 0 Å². The minimum Gasteiger partial charge on any atom is -0.312 e. The van der Waals surface area contributed by atoms with Crippen molar-refractivity contribution in [3.05, 3.63) is 33.8 Å². The predicted octanol–water partition coefficient (Wildman–Crippen LogP) is 3.81. The second-order valence-electron chi connectivity index (χ2n) is 5.62. The summed E-state index contributed by atoms with van der Waals surface area (Å²) >= 11 is 11.9. The molecule has 1 N–H and O–H groups in total. The maximum Gasteiger partial charge on any atom is 0.0595 e. The van der Waals surface area contributed by atoms with Crippen molar-refractivity contribution in [3.8, 4) is 0 Å². The average molecular weight is 301 g/mol. The minimum atomic E-state index is 0.619. The third kappa shape index (κ3) is 4.35. The van der Waals surface area contributed by atoms with Crippen molar-refractivity contribution in [2.75, 3.05) is 19.6 Å². The Bertz CT molecular complexity index is 421. The van der Waals surface area contributed by atoms with Crippen LogP contribution in [0.15, 0.2) is 18.2 Å². The summed E-state index contributed by atoms with van der Waals surface area (Å²) in [5.74, 6) is 0.769. The first-order chi connectivity index (χ1) is 9.06. The Kier molecular flexibility index (Phi) is 5.52. The number of hydrogen-bond acceptors (Lipinski definition) is 2. The second-order valence-corrected chi connectivity index (χ2v) is 6.44. The van der Waals surface area contributed by atoms with E-state index in [1.54, 1.807) is 0 Å². The standard InChI is InChI=1S/C15H22Cl2N2/c1-11(2)19-6-5-13(10-19)9-18-8-12-3-4-14(16)15(17)7-12/h3-4,7,11,13,18H,5-6,8-10H2,1-2H3. The Hall–Kier alpha value is -0.280. The van der Waals surface area contributed by atoms with Crippen LogP contribution in [0.5, 0.6) is 0 Å². The summed E-state index contributed by atoms with van der Waals surface area (Å²) in [6, 6.07) is 6.49. The molecule has 2 rings (SSSR count). The fourth-order valence-corrected chi connectivity index (χ4v) is 2.89. The molecule has 1 aromatic carbocycles.